The van der Waals surface area contributed by atoms with Crippen LogP contribution in [0.5, 0.6) is 5.75 Å². The number of para-hydroxylation sites is 1. The number of hydrogen-bond donors (Lipinski definition) is 1. The predicted octanol–water partition coefficient (Wildman–Crippen LogP) is 2.03. The van der Waals surface area contributed by atoms with E-state index in [1.54, 1.807) is 18.7 Å². The van der Waals surface area contributed by atoms with Gasteiger partial charge in [0, 0.05) is 17.8 Å². The van der Waals surface area contributed by atoms with Crippen LogP contribution in [0.2, 0.25) is 0 Å². The van der Waals surface area contributed by atoms with Crippen LogP contribution in [0.25, 0.3) is 0 Å². The summed E-state index contributed by atoms with van der Waals surface area (Å²) in [7, 11) is 0. The molecule has 0 unspecified atom stereocenters. The number of aromatic nitrogens is 1. The summed E-state index contributed by atoms with van der Waals surface area (Å²) in [6.45, 7) is 4.92. The molecule has 5 heteroatoms. The number of carbonyl (C=O) groups excluding carboxylic acids is 1. The number of hydrogen-bond acceptors (Lipinski definition) is 3. The van der Waals surface area contributed by atoms with Crippen LogP contribution in [0.3, 0.4) is 0 Å². The van der Waals surface area contributed by atoms with Crippen LogP contribution < -0.4 is 10.3 Å². The maximum Gasteiger partial charge on any atom is 0.261 e. The van der Waals surface area contributed by atoms with Gasteiger partial charge < -0.3 is 14.6 Å². The quantitative estimate of drug-likeness (QED) is 0.876. The van der Waals surface area contributed by atoms with Gasteiger partial charge >= 0.3 is 0 Å². The van der Waals surface area contributed by atoms with Crippen molar-refractivity contribution in [3.05, 3.63) is 63.1 Å². The molecule has 114 valence electrons. The summed E-state index contributed by atoms with van der Waals surface area (Å²) >= 11 is 0. The molecule has 1 aromatic carbocycles. The summed E-state index contributed by atoms with van der Waals surface area (Å²) < 4.78 is 5.66. The summed E-state index contributed by atoms with van der Waals surface area (Å²) in [5, 5.41) is 0. The molecular weight excluding hydrogens is 280 g/mol. The Morgan fingerprint density at radius 3 is 2.82 bits per heavy atom. The number of aryl methyl sites for hydroxylation is 2. The Kier molecular flexibility index (Phi) is 3.71. The zero-order valence-corrected chi connectivity index (χ0v) is 12.7. The Morgan fingerprint density at radius 1 is 1.27 bits per heavy atom. The third-order valence-corrected chi connectivity index (χ3v) is 3.82. The standard InChI is InChI=1S/C17H18N2O3/c1-11-9-12(2)18-16(20)15(11)17(21)19-7-8-22-14-6-4-3-5-13(14)10-19/h3-6,9H,7-8,10H2,1-2H3,(H,18,20). The van der Waals surface area contributed by atoms with Crippen molar-refractivity contribution in [2.24, 2.45) is 0 Å². The van der Waals surface area contributed by atoms with Crippen molar-refractivity contribution in [2.45, 2.75) is 20.4 Å². The molecule has 2 heterocycles. The molecule has 22 heavy (non-hydrogen) atoms. The molecule has 2 aromatic rings. The van der Waals surface area contributed by atoms with Crippen molar-refractivity contribution in [3.63, 3.8) is 0 Å². The number of rotatable bonds is 1. The summed E-state index contributed by atoms with van der Waals surface area (Å²) in [5.41, 5.74) is 2.29. The maximum absolute atomic E-state index is 12.8. The van der Waals surface area contributed by atoms with Crippen LogP contribution in [-0.2, 0) is 6.54 Å². The molecule has 0 spiro atoms. The average Bonchev–Trinajstić information content (AvgIpc) is 2.68. The van der Waals surface area contributed by atoms with E-state index in [0.29, 0.717) is 25.3 Å². The van der Waals surface area contributed by atoms with E-state index in [2.05, 4.69) is 4.98 Å². The molecule has 5 nitrogen and oxygen atoms in total. The first-order chi connectivity index (χ1) is 10.6. The van der Waals surface area contributed by atoms with Gasteiger partial charge in [-0.25, -0.2) is 0 Å². The number of carbonyl (C=O) groups is 1. The van der Waals surface area contributed by atoms with E-state index in [1.807, 2.05) is 30.3 Å². The molecule has 1 aromatic heterocycles. The number of aromatic amines is 1. The fraction of sp³-hybridized carbons (Fsp3) is 0.294. The van der Waals surface area contributed by atoms with Crippen LogP contribution in [0.15, 0.2) is 35.1 Å². The predicted molar refractivity (Wildman–Crippen MR) is 83.2 cm³/mol. The lowest BCUT2D eigenvalue weighted by Crippen LogP contribution is -2.36. The largest absolute Gasteiger partial charge is 0.491 e. The monoisotopic (exact) mass is 298 g/mol. The minimum atomic E-state index is -0.332. The summed E-state index contributed by atoms with van der Waals surface area (Å²) in [6.07, 6.45) is 0. The van der Waals surface area contributed by atoms with E-state index in [1.165, 1.54) is 0 Å². The summed E-state index contributed by atoms with van der Waals surface area (Å²) in [4.78, 5) is 29.3. The first-order valence-electron chi connectivity index (χ1n) is 7.27. The Morgan fingerprint density at radius 2 is 2.05 bits per heavy atom. The lowest BCUT2D eigenvalue weighted by atomic mass is 10.1. The molecule has 1 amide bonds. The second-order valence-electron chi connectivity index (χ2n) is 5.52. The first kappa shape index (κ1) is 14.4. The van der Waals surface area contributed by atoms with Crippen LogP contribution in [0.4, 0.5) is 0 Å². The van der Waals surface area contributed by atoms with Crippen molar-refractivity contribution in [2.75, 3.05) is 13.2 Å². The van der Waals surface area contributed by atoms with Crippen LogP contribution in [0, 0.1) is 13.8 Å². The van der Waals surface area contributed by atoms with Gasteiger partial charge in [-0.2, -0.15) is 0 Å². The van der Waals surface area contributed by atoms with Crippen molar-refractivity contribution >= 4 is 5.91 Å². The second kappa shape index (κ2) is 5.67. The Hall–Kier alpha value is -2.56. The smallest absolute Gasteiger partial charge is 0.261 e. The average molecular weight is 298 g/mol. The number of ether oxygens (including phenoxy) is 1. The third kappa shape index (κ3) is 2.62. The molecule has 1 aliphatic rings. The van der Waals surface area contributed by atoms with Crippen molar-refractivity contribution in [3.8, 4) is 5.75 Å². The van der Waals surface area contributed by atoms with Gasteiger partial charge in [0.2, 0.25) is 0 Å². The SMILES string of the molecule is Cc1cc(C)c(C(=O)N2CCOc3ccccc3C2)c(=O)[nH]1. The number of nitrogens with one attached hydrogen (secondary N) is 1. The van der Waals surface area contributed by atoms with E-state index in [0.717, 1.165) is 17.0 Å². The lowest BCUT2D eigenvalue weighted by molar-refractivity contribution is 0.0730. The second-order valence-corrected chi connectivity index (χ2v) is 5.52. The molecular formula is C17H18N2O3. The maximum atomic E-state index is 12.8. The number of fused-ring (bicyclic) bond motifs is 1. The van der Waals surface area contributed by atoms with Gasteiger partial charge in [0.05, 0.1) is 6.54 Å². The van der Waals surface area contributed by atoms with Crippen LogP contribution >= 0.6 is 0 Å². The minimum Gasteiger partial charge on any atom is -0.491 e. The Bertz CT molecular complexity index is 780. The highest BCUT2D eigenvalue weighted by atomic mass is 16.5. The van der Waals surface area contributed by atoms with Crippen molar-refractivity contribution in [1.82, 2.24) is 9.88 Å². The van der Waals surface area contributed by atoms with E-state index in [9.17, 15) is 9.59 Å². The number of pyridine rings is 1. The van der Waals surface area contributed by atoms with Crippen molar-refractivity contribution < 1.29 is 9.53 Å². The molecule has 0 radical (unpaired) electrons. The van der Waals surface area contributed by atoms with E-state index >= 15 is 0 Å². The zero-order valence-electron chi connectivity index (χ0n) is 12.7. The third-order valence-electron chi connectivity index (χ3n) is 3.82. The fourth-order valence-electron chi connectivity index (χ4n) is 2.78. The zero-order chi connectivity index (χ0) is 15.7. The normalized spacial score (nSPS) is 14.0. The lowest BCUT2D eigenvalue weighted by Gasteiger charge is -2.20. The van der Waals surface area contributed by atoms with Gasteiger partial charge in [-0.3, -0.25) is 9.59 Å². The number of amides is 1. The topological polar surface area (TPSA) is 62.4 Å². The summed E-state index contributed by atoms with van der Waals surface area (Å²) in [6, 6.07) is 9.47. The number of nitrogens with zero attached hydrogens (tertiary/aromatic N) is 1. The molecule has 3 rings (SSSR count). The molecule has 0 saturated carbocycles. The van der Waals surface area contributed by atoms with Gasteiger partial charge in [-0.05, 0) is 31.5 Å². The van der Waals surface area contributed by atoms with E-state index in [-0.39, 0.29) is 17.0 Å². The van der Waals surface area contributed by atoms with Crippen LogP contribution in [-0.4, -0.2) is 28.9 Å². The number of benzene rings is 1. The molecule has 0 fully saturated rings. The molecule has 0 atom stereocenters. The van der Waals surface area contributed by atoms with Gasteiger partial charge in [0.1, 0.15) is 17.9 Å². The molecule has 1 aliphatic heterocycles. The molecule has 0 bridgehead atoms. The van der Waals surface area contributed by atoms with Crippen LogP contribution in [0.1, 0.15) is 27.2 Å². The molecule has 1 N–H and O–H groups in total. The Balaban J connectivity index is 1.95. The molecule has 0 aliphatic carbocycles. The van der Waals surface area contributed by atoms with Gasteiger partial charge in [0.15, 0.2) is 0 Å². The minimum absolute atomic E-state index is 0.213. The highest BCUT2D eigenvalue weighted by Crippen LogP contribution is 2.23. The van der Waals surface area contributed by atoms with Gasteiger partial charge in [-0.1, -0.05) is 18.2 Å². The Labute approximate surface area is 128 Å². The summed E-state index contributed by atoms with van der Waals surface area (Å²) in [5.74, 6) is 0.548. The highest BCUT2D eigenvalue weighted by molar-refractivity contribution is 5.95. The number of H-pyrrole nitrogens is 1. The molecule has 0 saturated heterocycles. The first-order valence-corrected chi connectivity index (χ1v) is 7.27. The fourth-order valence-corrected chi connectivity index (χ4v) is 2.78. The van der Waals surface area contributed by atoms with Crippen molar-refractivity contribution in [1.29, 1.82) is 0 Å². The highest BCUT2D eigenvalue weighted by Gasteiger charge is 2.24. The van der Waals surface area contributed by atoms with Gasteiger partial charge in [-0.15, -0.1) is 0 Å². The van der Waals surface area contributed by atoms with E-state index < -0.39 is 0 Å². The van der Waals surface area contributed by atoms with E-state index in [4.69, 9.17) is 4.74 Å². The van der Waals surface area contributed by atoms with Gasteiger partial charge in [0.25, 0.3) is 11.5 Å².